The van der Waals surface area contributed by atoms with Crippen molar-refractivity contribution in [1.29, 1.82) is 0 Å². The van der Waals surface area contributed by atoms with Gasteiger partial charge in [-0.25, -0.2) is 10.9 Å². The second-order valence-corrected chi connectivity index (χ2v) is 7.65. The number of amides is 1. The molecular weight excluding hydrogens is 336 g/mol. The average molecular weight is 364 g/mol. The van der Waals surface area contributed by atoms with E-state index >= 15 is 0 Å². The lowest BCUT2D eigenvalue weighted by Crippen LogP contribution is -2.55. The Morgan fingerprint density at radius 3 is 2.44 bits per heavy atom. The molecule has 2 aliphatic heterocycles. The van der Waals surface area contributed by atoms with Crippen LogP contribution in [0.2, 0.25) is 0 Å². The van der Waals surface area contributed by atoms with Crippen LogP contribution in [0, 0.1) is 13.8 Å². The molecule has 0 aromatic heterocycles. The van der Waals surface area contributed by atoms with Crippen LogP contribution in [0.1, 0.15) is 39.5 Å². The molecule has 0 aliphatic carbocycles. The van der Waals surface area contributed by atoms with Gasteiger partial charge < -0.3 is 4.90 Å². The Labute approximate surface area is 161 Å². The van der Waals surface area contributed by atoms with E-state index in [-0.39, 0.29) is 5.91 Å². The fourth-order valence-corrected chi connectivity index (χ4v) is 4.06. The van der Waals surface area contributed by atoms with Crippen LogP contribution in [0.5, 0.6) is 0 Å². The van der Waals surface area contributed by atoms with Gasteiger partial charge in [0, 0.05) is 37.8 Å². The summed E-state index contributed by atoms with van der Waals surface area (Å²) < 4.78 is 0. The van der Waals surface area contributed by atoms with Crippen molar-refractivity contribution in [3.63, 3.8) is 0 Å². The third kappa shape index (κ3) is 3.90. The molecule has 0 saturated carbocycles. The number of hydrogen-bond donors (Lipinski definition) is 2. The normalized spacial score (nSPS) is 23.6. The average Bonchev–Trinajstić information content (AvgIpc) is 3.20. The molecule has 2 unspecified atom stereocenters. The molecule has 0 spiro atoms. The van der Waals surface area contributed by atoms with E-state index in [2.05, 4.69) is 52.1 Å². The maximum atomic E-state index is 12.9. The van der Waals surface area contributed by atoms with E-state index in [1.54, 1.807) is 0 Å². The van der Waals surface area contributed by atoms with E-state index in [1.807, 2.05) is 30.9 Å². The molecule has 2 heterocycles. The number of rotatable bonds is 3. The molecular formula is C22H28N4O. The highest BCUT2D eigenvalue weighted by molar-refractivity contribution is 5.95. The molecule has 4 rings (SSSR count). The van der Waals surface area contributed by atoms with E-state index in [0.717, 1.165) is 49.3 Å². The summed E-state index contributed by atoms with van der Waals surface area (Å²) in [6.07, 6.45) is 1.35. The number of aryl methyl sites for hydroxylation is 2. The summed E-state index contributed by atoms with van der Waals surface area (Å²) in [7, 11) is 0. The Morgan fingerprint density at radius 2 is 1.70 bits per heavy atom. The monoisotopic (exact) mass is 364 g/mol. The minimum absolute atomic E-state index is 0.163. The van der Waals surface area contributed by atoms with E-state index in [0.29, 0.717) is 12.2 Å². The first-order chi connectivity index (χ1) is 13.1. The molecule has 2 aliphatic rings. The summed E-state index contributed by atoms with van der Waals surface area (Å²) in [5.74, 6) is 0.163. The van der Waals surface area contributed by atoms with Gasteiger partial charge in [0.05, 0.1) is 6.17 Å². The largest absolute Gasteiger partial charge is 0.336 e. The zero-order valence-corrected chi connectivity index (χ0v) is 16.1. The van der Waals surface area contributed by atoms with Gasteiger partial charge >= 0.3 is 0 Å². The van der Waals surface area contributed by atoms with Crippen LogP contribution in [0.25, 0.3) is 0 Å². The molecule has 0 bridgehead atoms. The van der Waals surface area contributed by atoms with Crippen molar-refractivity contribution in [2.75, 3.05) is 26.2 Å². The zero-order valence-electron chi connectivity index (χ0n) is 16.1. The summed E-state index contributed by atoms with van der Waals surface area (Å²) in [5, 5.41) is 0. The van der Waals surface area contributed by atoms with Crippen LogP contribution in [0.3, 0.4) is 0 Å². The minimum atomic E-state index is 0.163. The highest BCUT2D eigenvalue weighted by atomic mass is 16.2. The van der Waals surface area contributed by atoms with Crippen LogP contribution in [0.4, 0.5) is 0 Å². The van der Waals surface area contributed by atoms with Gasteiger partial charge in [0.15, 0.2) is 0 Å². The number of hydrogen-bond acceptors (Lipinski definition) is 4. The lowest BCUT2D eigenvalue weighted by Gasteiger charge is -2.38. The third-order valence-corrected chi connectivity index (χ3v) is 5.75. The number of hydrazine groups is 1. The first-order valence-corrected chi connectivity index (χ1v) is 9.78. The quantitative estimate of drug-likeness (QED) is 0.879. The van der Waals surface area contributed by atoms with E-state index in [1.165, 1.54) is 5.56 Å². The molecule has 0 radical (unpaired) electrons. The molecule has 5 nitrogen and oxygen atoms in total. The van der Waals surface area contributed by atoms with Crippen molar-refractivity contribution >= 4 is 5.91 Å². The molecule has 2 atom stereocenters. The smallest absolute Gasteiger partial charge is 0.254 e. The first kappa shape index (κ1) is 18.2. The Balaban J connectivity index is 1.34. The number of carbonyl (C=O) groups is 1. The molecule has 5 heteroatoms. The summed E-state index contributed by atoms with van der Waals surface area (Å²) >= 11 is 0. The van der Waals surface area contributed by atoms with Gasteiger partial charge in [-0.2, -0.15) is 0 Å². The molecule has 2 aromatic rings. The minimum Gasteiger partial charge on any atom is -0.336 e. The molecule has 27 heavy (non-hydrogen) atoms. The van der Waals surface area contributed by atoms with E-state index < -0.39 is 0 Å². The van der Waals surface area contributed by atoms with Gasteiger partial charge in [-0.15, -0.1) is 0 Å². The van der Waals surface area contributed by atoms with E-state index in [9.17, 15) is 4.79 Å². The lowest BCUT2D eigenvalue weighted by atomic mass is 10.0. The molecule has 1 amide bonds. The van der Waals surface area contributed by atoms with Crippen LogP contribution < -0.4 is 10.9 Å². The topological polar surface area (TPSA) is 47.6 Å². The predicted octanol–water partition coefficient (Wildman–Crippen LogP) is 2.63. The van der Waals surface area contributed by atoms with Crippen LogP contribution in [-0.4, -0.2) is 48.1 Å². The molecule has 2 aromatic carbocycles. The summed E-state index contributed by atoms with van der Waals surface area (Å²) in [6.45, 7) is 7.41. The predicted molar refractivity (Wildman–Crippen MR) is 107 cm³/mol. The Hall–Kier alpha value is -2.21. The number of nitrogens with zero attached hydrogens (tertiary/aromatic N) is 2. The van der Waals surface area contributed by atoms with Crippen LogP contribution >= 0.6 is 0 Å². The Morgan fingerprint density at radius 1 is 0.963 bits per heavy atom. The third-order valence-electron chi connectivity index (χ3n) is 5.75. The van der Waals surface area contributed by atoms with Gasteiger partial charge in [0.25, 0.3) is 5.91 Å². The number of piperazine rings is 1. The van der Waals surface area contributed by atoms with Gasteiger partial charge in [0.2, 0.25) is 0 Å². The standard InChI is InChI=1S/C22H28N4O/c1-16-8-9-17(2)19(14-16)22(27)26-12-10-25(11-13-26)21-15-20(23-24-21)18-6-4-3-5-7-18/h3-9,14,20-21,23-24H,10-13,15H2,1-2H3. The number of benzene rings is 2. The van der Waals surface area contributed by atoms with Crippen molar-refractivity contribution in [3.8, 4) is 0 Å². The van der Waals surface area contributed by atoms with Crippen molar-refractivity contribution < 1.29 is 4.79 Å². The van der Waals surface area contributed by atoms with Gasteiger partial charge in [-0.05, 0) is 37.5 Å². The SMILES string of the molecule is Cc1ccc(C)c(C(=O)N2CCN(C3CC(c4ccccc4)NN3)CC2)c1. The molecule has 142 valence electrons. The molecule has 2 saturated heterocycles. The van der Waals surface area contributed by atoms with E-state index in [4.69, 9.17) is 0 Å². The second-order valence-electron chi connectivity index (χ2n) is 7.65. The fourth-order valence-electron chi connectivity index (χ4n) is 4.06. The van der Waals surface area contributed by atoms with Crippen molar-refractivity contribution in [3.05, 3.63) is 70.8 Å². The highest BCUT2D eigenvalue weighted by Crippen LogP contribution is 2.24. The summed E-state index contributed by atoms with van der Waals surface area (Å²) in [6, 6.07) is 17.0. The molecule has 2 fully saturated rings. The summed E-state index contributed by atoms with van der Waals surface area (Å²) in [4.78, 5) is 17.4. The van der Waals surface area contributed by atoms with Gasteiger partial charge in [-0.1, -0.05) is 48.0 Å². The van der Waals surface area contributed by atoms with Gasteiger partial charge in [0.1, 0.15) is 0 Å². The molecule has 2 N–H and O–H groups in total. The van der Waals surface area contributed by atoms with Crippen LogP contribution in [-0.2, 0) is 0 Å². The van der Waals surface area contributed by atoms with Crippen molar-refractivity contribution in [2.24, 2.45) is 0 Å². The Bertz CT molecular complexity index is 799. The summed E-state index contributed by atoms with van der Waals surface area (Å²) in [5.41, 5.74) is 11.2. The van der Waals surface area contributed by atoms with Crippen LogP contribution in [0.15, 0.2) is 48.5 Å². The zero-order chi connectivity index (χ0) is 18.8. The number of nitrogens with one attached hydrogen (secondary N) is 2. The van der Waals surface area contributed by atoms with Crippen molar-refractivity contribution in [1.82, 2.24) is 20.7 Å². The maximum absolute atomic E-state index is 12.9. The number of carbonyl (C=O) groups excluding carboxylic acids is 1. The highest BCUT2D eigenvalue weighted by Gasteiger charge is 2.32. The Kier molecular flexibility index (Phi) is 5.25. The lowest BCUT2D eigenvalue weighted by molar-refractivity contribution is 0.0544. The van der Waals surface area contributed by atoms with Crippen molar-refractivity contribution in [2.45, 2.75) is 32.5 Å². The fraction of sp³-hybridized carbons (Fsp3) is 0.409. The first-order valence-electron chi connectivity index (χ1n) is 9.78. The second kappa shape index (κ2) is 7.80. The van der Waals surface area contributed by atoms with Gasteiger partial charge in [-0.3, -0.25) is 9.69 Å². The maximum Gasteiger partial charge on any atom is 0.254 e.